The van der Waals surface area contributed by atoms with Crippen LogP contribution in [0.1, 0.15) is 5.56 Å². The Kier molecular flexibility index (Phi) is 3.22. The topological polar surface area (TPSA) is 52.0 Å². The maximum Gasteiger partial charge on any atom is 0.269 e. The molecule has 0 saturated heterocycles. The molecule has 21 heavy (non-hydrogen) atoms. The van der Waals surface area contributed by atoms with E-state index in [1.54, 1.807) is 12.1 Å². The number of pyridine rings is 1. The fourth-order valence-corrected chi connectivity index (χ4v) is 3.59. The summed E-state index contributed by atoms with van der Waals surface area (Å²) < 4.78 is 40.0. The zero-order chi connectivity index (χ0) is 15.2. The van der Waals surface area contributed by atoms with E-state index in [9.17, 15) is 12.8 Å². The molecule has 0 aliphatic rings. The van der Waals surface area contributed by atoms with E-state index in [-0.39, 0.29) is 21.0 Å². The summed E-state index contributed by atoms with van der Waals surface area (Å²) >= 11 is 5.90. The average molecular weight is 325 g/mol. The zero-order valence-electron chi connectivity index (χ0n) is 10.9. The largest absolute Gasteiger partial charge is 0.269 e. The molecule has 2 aromatic heterocycles. The average Bonchev–Trinajstić information content (AvgIpc) is 2.79. The van der Waals surface area contributed by atoms with Crippen molar-refractivity contribution in [1.82, 2.24) is 8.96 Å². The SMILES string of the molecule is Cc1ccc(S(=O)(=O)n2cc(F)c3c(Cl)ccnc32)cc1. The monoisotopic (exact) mass is 324 g/mol. The number of nitrogens with zero attached hydrogens (tertiary/aromatic N) is 2. The molecule has 1 aromatic carbocycles. The molecule has 108 valence electrons. The molecule has 0 spiro atoms. The summed E-state index contributed by atoms with van der Waals surface area (Å²) in [5.41, 5.74) is 0.902. The first kappa shape index (κ1) is 14.0. The number of aromatic nitrogens is 2. The highest BCUT2D eigenvalue weighted by atomic mass is 35.5. The summed E-state index contributed by atoms with van der Waals surface area (Å²) in [4.78, 5) is 3.99. The molecule has 7 heteroatoms. The lowest BCUT2D eigenvalue weighted by Gasteiger charge is -2.07. The molecule has 0 radical (unpaired) electrons. The van der Waals surface area contributed by atoms with Gasteiger partial charge in [0.2, 0.25) is 0 Å². The van der Waals surface area contributed by atoms with Crippen LogP contribution in [0.4, 0.5) is 4.39 Å². The van der Waals surface area contributed by atoms with Crippen molar-refractivity contribution in [1.29, 1.82) is 0 Å². The van der Waals surface area contributed by atoms with Gasteiger partial charge in [-0.15, -0.1) is 0 Å². The van der Waals surface area contributed by atoms with E-state index < -0.39 is 15.8 Å². The van der Waals surface area contributed by atoms with Crippen LogP contribution in [0.5, 0.6) is 0 Å². The maximum absolute atomic E-state index is 14.0. The van der Waals surface area contributed by atoms with Gasteiger partial charge in [-0.05, 0) is 25.1 Å². The second kappa shape index (κ2) is 4.82. The van der Waals surface area contributed by atoms with Crippen molar-refractivity contribution in [3.8, 4) is 0 Å². The number of hydrogen-bond acceptors (Lipinski definition) is 3. The molecule has 0 amide bonds. The summed E-state index contributed by atoms with van der Waals surface area (Å²) in [7, 11) is -3.92. The summed E-state index contributed by atoms with van der Waals surface area (Å²) in [6.07, 6.45) is 2.23. The Hall–Kier alpha value is -1.92. The zero-order valence-corrected chi connectivity index (χ0v) is 12.5. The van der Waals surface area contributed by atoms with Gasteiger partial charge in [0.1, 0.15) is 0 Å². The maximum atomic E-state index is 14.0. The molecular formula is C14H10ClFN2O2S. The lowest BCUT2D eigenvalue weighted by Crippen LogP contribution is -2.12. The standard InChI is InChI=1S/C14H10ClFN2O2S/c1-9-2-4-10(5-3-9)21(19,20)18-8-12(16)13-11(15)6-7-17-14(13)18/h2-8H,1H3. The van der Waals surface area contributed by atoms with Gasteiger partial charge in [-0.1, -0.05) is 29.3 Å². The number of hydrogen-bond donors (Lipinski definition) is 0. The van der Waals surface area contributed by atoms with Crippen molar-refractivity contribution in [2.75, 3.05) is 0 Å². The first-order valence-corrected chi connectivity index (χ1v) is 7.86. The van der Waals surface area contributed by atoms with Crippen LogP contribution in [0.25, 0.3) is 11.0 Å². The Morgan fingerprint density at radius 1 is 1.19 bits per heavy atom. The number of aryl methyl sites for hydroxylation is 1. The lowest BCUT2D eigenvalue weighted by molar-refractivity contribution is 0.585. The molecule has 4 nitrogen and oxygen atoms in total. The molecule has 0 atom stereocenters. The highest BCUT2D eigenvalue weighted by Gasteiger charge is 2.23. The second-order valence-corrected chi connectivity index (χ2v) is 6.80. The van der Waals surface area contributed by atoms with Crippen molar-refractivity contribution in [2.45, 2.75) is 11.8 Å². The molecule has 3 rings (SSSR count). The van der Waals surface area contributed by atoms with Crippen LogP contribution in [-0.2, 0) is 10.0 Å². The van der Waals surface area contributed by atoms with E-state index in [4.69, 9.17) is 11.6 Å². The second-order valence-electron chi connectivity index (χ2n) is 4.58. The van der Waals surface area contributed by atoms with Crippen LogP contribution in [0.3, 0.4) is 0 Å². The van der Waals surface area contributed by atoms with Crippen LogP contribution in [0.15, 0.2) is 47.6 Å². The molecule has 0 N–H and O–H groups in total. The van der Waals surface area contributed by atoms with Gasteiger partial charge in [-0.3, -0.25) is 0 Å². The summed E-state index contributed by atoms with van der Waals surface area (Å²) in [6.45, 7) is 1.85. The minimum Gasteiger partial charge on any atom is -0.237 e. The predicted molar refractivity (Wildman–Crippen MR) is 78.5 cm³/mol. The van der Waals surface area contributed by atoms with Gasteiger partial charge >= 0.3 is 0 Å². The Balaban J connectivity index is 2.29. The highest BCUT2D eigenvalue weighted by molar-refractivity contribution is 7.90. The van der Waals surface area contributed by atoms with Crippen LogP contribution < -0.4 is 0 Å². The number of rotatable bonds is 2. The van der Waals surface area contributed by atoms with Crippen molar-refractivity contribution in [3.05, 3.63) is 59.1 Å². The van der Waals surface area contributed by atoms with Crippen molar-refractivity contribution >= 4 is 32.7 Å². The minimum absolute atomic E-state index is 0.00477. The van der Waals surface area contributed by atoms with E-state index >= 15 is 0 Å². The molecule has 0 aliphatic heterocycles. The summed E-state index contributed by atoms with van der Waals surface area (Å²) in [5.74, 6) is -0.723. The number of halogens is 2. The van der Waals surface area contributed by atoms with Crippen LogP contribution >= 0.6 is 11.6 Å². The molecule has 0 fully saturated rings. The van der Waals surface area contributed by atoms with Gasteiger partial charge in [0.05, 0.1) is 21.5 Å². The molecule has 0 unspecified atom stereocenters. The van der Waals surface area contributed by atoms with Crippen molar-refractivity contribution in [3.63, 3.8) is 0 Å². The Labute approximate surface area is 125 Å². The molecular weight excluding hydrogens is 315 g/mol. The normalized spacial score (nSPS) is 12.0. The quantitative estimate of drug-likeness (QED) is 0.726. The Morgan fingerprint density at radius 3 is 2.52 bits per heavy atom. The van der Waals surface area contributed by atoms with Gasteiger partial charge in [0.15, 0.2) is 11.5 Å². The first-order chi connectivity index (χ1) is 9.91. The van der Waals surface area contributed by atoms with Crippen LogP contribution in [0, 0.1) is 12.7 Å². The molecule has 0 saturated carbocycles. The van der Waals surface area contributed by atoms with E-state index in [0.29, 0.717) is 0 Å². The highest BCUT2D eigenvalue weighted by Crippen LogP contribution is 2.28. The third kappa shape index (κ3) is 2.20. The van der Waals surface area contributed by atoms with Gasteiger partial charge in [0.25, 0.3) is 10.0 Å². The first-order valence-electron chi connectivity index (χ1n) is 6.04. The smallest absolute Gasteiger partial charge is 0.237 e. The van der Waals surface area contributed by atoms with Crippen molar-refractivity contribution in [2.24, 2.45) is 0 Å². The number of fused-ring (bicyclic) bond motifs is 1. The van der Waals surface area contributed by atoms with Gasteiger partial charge < -0.3 is 0 Å². The van der Waals surface area contributed by atoms with E-state index in [2.05, 4.69) is 4.98 Å². The van der Waals surface area contributed by atoms with Gasteiger partial charge in [0, 0.05) is 6.20 Å². The Bertz CT molecular complexity index is 934. The third-order valence-corrected chi connectivity index (χ3v) is 5.12. The summed E-state index contributed by atoms with van der Waals surface area (Å²) in [6, 6.07) is 7.71. The number of benzene rings is 1. The lowest BCUT2D eigenvalue weighted by atomic mass is 10.2. The molecule has 0 aliphatic carbocycles. The third-order valence-electron chi connectivity index (χ3n) is 3.14. The van der Waals surface area contributed by atoms with E-state index in [1.807, 2.05) is 6.92 Å². The fourth-order valence-electron chi connectivity index (χ4n) is 2.05. The van der Waals surface area contributed by atoms with Crippen LogP contribution in [-0.4, -0.2) is 17.4 Å². The molecule has 3 aromatic rings. The van der Waals surface area contributed by atoms with Crippen LogP contribution in [0.2, 0.25) is 5.02 Å². The van der Waals surface area contributed by atoms with E-state index in [1.165, 1.54) is 24.4 Å². The molecule has 2 heterocycles. The summed E-state index contributed by atoms with van der Waals surface area (Å²) in [5, 5.41) is 0.116. The van der Waals surface area contributed by atoms with E-state index in [0.717, 1.165) is 15.7 Å². The fraction of sp³-hybridized carbons (Fsp3) is 0.0714. The Morgan fingerprint density at radius 2 is 1.86 bits per heavy atom. The van der Waals surface area contributed by atoms with Gasteiger partial charge in [-0.25, -0.2) is 21.8 Å². The predicted octanol–water partition coefficient (Wildman–Crippen LogP) is 3.37. The van der Waals surface area contributed by atoms with Gasteiger partial charge in [-0.2, -0.15) is 0 Å². The van der Waals surface area contributed by atoms with Crippen molar-refractivity contribution < 1.29 is 12.8 Å². The minimum atomic E-state index is -3.92. The molecule has 0 bridgehead atoms.